The molecule has 31 heavy (non-hydrogen) atoms. The summed E-state index contributed by atoms with van der Waals surface area (Å²) in [5, 5.41) is 29.5. The van der Waals surface area contributed by atoms with Gasteiger partial charge in [-0.15, -0.1) is 0 Å². The molecule has 1 heterocycles. The molecular weight excluding hydrogens is 411 g/mol. The van der Waals surface area contributed by atoms with Crippen LogP contribution in [0, 0.1) is 22.8 Å². The van der Waals surface area contributed by atoms with Crippen LogP contribution >= 0.6 is 0 Å². The molecule has 0 fully saturated rings. The summed E-state index contributed by atoms with van der Waals surface area (Å²) in [4.78, 5) is 4.98. The summed E-state index contributed by atoms with van der Waals surface area (Å²) in [6.07, 6.45) is -4.10. The average Bonchev–Trinajstić information content (AvgIpc) is 2.71. The molecule has 1 aliphatic rings. The molecule has 0 saturated carbocycles. The van der Waals surface area contributed by atoms with E-state index in [0.29, 0.717) is 16.9 Å². The van der Waals surface area contributed by atoms with E-state index in [-0.39, 0.29) is 5.69 Å². The van der Waals surface area contributed by atoms with Crippen LogP contribution in [0.15, 0.2) is 47.5 Å². The Bertz CT molecular complexity index is 1120. The van der Waals surface area contributed by atoms with Crippen LogP contribution in [-0.2, 0) is 6.18 Å². The molecule has 0 bridgehead atoms. The quantitative estimate of drug-likeness (QED) is 0.327. The third-order valence-electron chi connectivity index (χ3n) is 4.87. The Morgan fingerprint density at radius 2 is 1.94 bits per heavy atom. The van der Waals surface area contributed by atoms with Gasteiger partial charge in [-0.25, -0.2) is 9.89 Å². The number of aliphatic imine (C=N–C) groups is 1. The molecule has 3 rings (SSSR count). The highest BCUT2D eigenvalue weighted by atomic mass is 19.4. The molecule has 160 valence electrons. The number of anilines is 1. The smallest absolute Gasteiger partial charge is 0.416 e. The standard InChI is InChI=1S/C21H18F3N5O2/c1-20(2)18(30)17(15-8-12(10-25)6-7-16(15)31-20)28-19(27)29(11-26)14-5-3-4-13(9-14)21(22,23)24/h3-9,17-18,30H,1-2H3,(H2,27,28). The van der Waals surface area contributed by atoms with Crippen molar-refractivity contribution < 1.29 is 23.0 Å². The number of halogens is 3. The number of aliphatic hydroxyl groups is 1. The molecule has 3 N–H and O–H groups in total. The highest BCUT2D eigenvalue weighted by molar-refractivity contribution is 5.97. The number of fused-ring (bicyclic) bond motifs is 1. The molecular formula is C21H18F3N5O2. The van der Waals surface area contributed by atoms with Crippen molar-refractivity contribution in [1.82, 2.24) is 0 Å². The zero-order chi connectivity index (χ0) is 23.0. The fourth-order valence-corrected chi connectivity index (χ4v) is 3.24. The van der Waals surface area contributed by atoms with Crippen molar-refractivity contribution in [3.8, 4) is 18.0 Å². The minimum atomic E-state index is -4.60. The van der Waals surface area contributed by atoms with Crippen LogP contribution in [0.25, 0.3) is 0 Å². The van der Waals surface area contributed by atoms with Crippen LogP contribution in [0.3, 0.4) is 0 Å². The van der Waals surface area contributed by atoms with Gasteiger partial charge in [-0.1, -0.05) is 6.07 Å². The van der Waals surface area contributed by atoms with E-state index in [9.17, 15) is 28.8 Å². The summed E-state index contributed by atoms with van der Waals surface area (Å²) in [6, 6.07) is 9.63. The van der Waals surface area contributed by atoms with E-state index in [1.165, 1.54) is 12.1 Å². The second-order valence-electron chi connectivity index (χ2n) is 7.43. The Morgan fingerprint density at radius 3 is 2.55 bits per heavy atom. The number of hydrogen-bond acceptors (Lipinski definition) is 5. The van der Waals surface area contributed by atoms with Gasteiger partial charge in [0.1, 0.15) is 23.5 Å². The Balaban J connectivity index is 2.07. The van der Waals surface area contributed by atoms with Gasteiger partial charge in [0.15, 0.2) is 6.19 Å². The monoisotopic (exact) mass is 429 g/mol. The van der Waals surface area contributed by atoms with Gasteiger partial charge in [0.05, 0.1) is 22.9 Å². The first-order valence-corrected chi connectivity index (χ1v) is 9.09. The number of rotatable bonds is 2. The number of aliphatic hydroxyl groups excluding tert-OH is 1. The maximum atomic E-state index is 13.0. The average molecular weight is 429 g/mol. The van der Waals surface area contributed by atoms with Crippen LogP contribution < -0.4 is 15.4 Å². The summed E-state index contributed by atoms with van der Waals surface area (Å²) in [5.41, 5.74) is 4.49. The van der Waals surface area contributed by atoms with Crippen LogP contribution in [0.1, 0.15) is 36.6 Å². The third-order valence-corrected chi connectivity index (χ3v) is 4.87. The van der Waals surface area contributed by atoms with Crippen molar-refractivity contribution in [2.75, 3.05) is 4.90 Å². The lowest BCUT2D eigenvalue weighted by Crippen LogP contribution is -2.49. The van der Waals surface area contributed by atoms with Gasteiger partial charge in [0, 0.05) is 5.56 Å². The Labute approximate surface area is 176 Å². The van der Waals surface area contributed by atoms with Crippen molar-refractivity contribution in [3.05, 3.63) is 59.2 Å². The van der Waals surface area contributed by atoms with Crippen molar-refractivity contribution in [2.45, 2.75) is 37.8 Å². The lowest BCUT2D eigenvalue weighted by molar-refractivity contribution is -0.137. The number of benzene rings is 2. The molecule has 2 atom stereocenters. The van der Waals surface area contributed by atoms with E-state index in [2.05, 4.69) is 4.99 Å². The zero-order valence-corrected chi connectivity index (χ0v) is 16.6. The molecule has 0 aromatic heterocycles. The fourth-order valence-electron chi connectivity index (χ4n) is 3.24. The van der Waals surface area contributed by atoms with Gasteiger partial charge in [0.2, 0.25) is 5.96 Å². The van der Waals surface area contributed by atoms with Gasteiger partial charge in [-0.3, -0.25) is 0 Å². The number of hydrogen-bond donors (Lipinski definition) is 2. The van der Waals surface area contributed by atoms with Crippen molar-refractivity contribution in [3.63, 3.8) is 0 Å². The number of ether oxygens (including phenoxy) is 1. The van der Waals surface area contributed by atoms with Gasteiger partial charge in [-0.05, 0) is 50.2 Å². The predicted molar refractivity (Wildman–Crippen MR) is 106 cm³/mol. The Morgan fingerprint density at radius 1 is 1.23 bits per heavy atom. The van der Waals surface area contributed by atoms with Crippen molar-refractivity contribution in [2.24, 2.45) is 10.7 Å². The second kappa shape index (κ2) is 7.82. The summed E-state index contributed by atoms with van der Waals surface area (Å²) in [5.74, 6) is -0.0460. The molecule has 0 radical (unpaired) electrons. The second-order valence-corrected chi connectivity index (χ2v) is 7.43. The van der Waals surface area contributed by atoms with Crippen LogP contribution in [0.5, 0.6) is 5.75 Å². The van der Waals surface area contributed by atoms with Crippen molar-refractivity contribution >= 4 is 11.6 Å². The Kier molecular flexibility index (Phi) is 5.53. The number of nitrogens with two attached hydrogens (primary N) is 1. The zero-order valence-electron chi connectivity index (χ0n) is 16.6. The molecule has 0 aliphatic carbocycles. The van der Waals surface area contributed by atoms with Gasteiger partial charge < -0.3 is 15.6 Å². The molecule has 2 unspecified atom stereocenters. The van der Waals surface area contributed by atoms with E-state index < -0.39 is 35.4 Å². The third kappa shape index (κ3) is 4.25. The summed E-state index contributed by atoms with van der Waals surface area (Å²) < 4.78 is 44.9. The molecule has 0 saturated heterocycles. The first-order valence-electron chi connectivity index (χ1n) is 9.09. The van der Waals surface area contributed by atoms with E-state index in [1.54, 1.807) is 32.2 Å². The highest BCUT2D eigenvalue weighted by Gasteiger charge is 2.43. The van der Waals surface area contributed by atoms with Gasteiger partial charge in [-0.2, -0.15) is 23.7 Å². The topological polar surface area (TPSA) is 119 Å². The maximum Gasteiger partial charge on any atom is 0.416 e. The molecule has 2 aromatic rings. The fraction of sp³-hybridized carbons (Fsp3) is 0.286. The lowest BCUT2D eigenvalue weighted by Gasteiger charge is -2.40. The highest BCUT2D eigenvalue weighted by Crippen LogP contribution is 2.42. The number of nitriles is 2. The maximum absolute atomic E-state index is 13.0. The van der Waals surface area contributed by atoms with E-state index in [0.717, 1.165) is 23.1 Å². The SMILES string of the molecule is CC1(C)Oc2ccc(C#N)cc2C(N=C(N)N(C#N)c2cccc(C(F)(F)F)c2)C1O. The van der Waals surface area contributed by atoms with E-state index in [4.69, 9.17) is 10.5 Å². The summed E-state index contributed by atoms with van der Waals surface area (Å²) in [6.45, 7) is 3.26. The van der Waals surface area contributed by atoms with E-state index in [1.807, 2.05) is 6.07 Å². The first-order chi connectivity index (χ1) is 14.5. The van der Waals surface area contributed by atoms with Crippen LogP contribution in [0.2, 0.25) is 0 Å². The minimum Gasteiger partial charge on any atom is -0.485 e. The normalized spacial score (nSPS) is 20.1. The molecule has 2 aromatic carbocycles. The molecule has 1 aliphatic heterocycles. The largest absolute Gasteiger partial charge is 0.485 e. The molecule has 0 amide bonds. The van der Waals surface area contributed by atoms with Crippen LogP contribution in [0.4, 0.5) is 18.9 Å². The summed E-state index contributed by atoms with van der Waals surface area (Å²) >= 11 is 0. The predicted octanol–water partition coefficient (Wildman–Crippen LogP) is 3.45. The van der Waals surface area contributed by atoms with Gasteiger partial charge in [0.25, 0.3) is 0 Å². The Hall–Kier alpha value is -3.76. The number of alkyl halides is 3. The van der Waals surface area contributed by atoms with Crippen LogP contribution in [-0.4, -0.2) is 22.8 Å². The molecule has 0 spiro atoms. The van der Waals surface area contributed by atoms with Gasteiger partial charge >= 0.3 is 6.18 Å². The van der Waals surface area contributed by atoms with E-state index >= 15 is 0 Å². The number of guanidine groups is 1. The lowest BCUT2D eigenvalue weighted by atomic mass is 9.86. The molecule has 10 heteroatoms. The minimum absolute atomic E-state index is 0.134. The first kappa shape index (κ1) is 21.9. The van der Waals surface area contributed by atoms with Crippen molar-refractivity contribution in [1.29, 1.82) is 10.5 Å². The molecule has 7 nitrogen and oxygen atoms in total. The summed E-state index contributed by atoms with van der Waals surface area (Å²) in [7, 11) is 0. The number of nitrogens with zero attached hydrogens (tertiary/aromatic N) is 4.